The number of anilines is 1. The molecule has 0 aliphatic heterocycles. The fraction of sp³-hybridized carbons (Fsp3) is 0.444. The maximum absolute atomic E-state index is 11.5. The molecule has 7 heteroatoms. The van der Waals surface area contributed by atoms with E-state index in [4.69, 9.17) is 16.3 Å². The molecule has 1 amide bonds. The van der Waals surface area contributed by atoms with Crippen molar-refractivity contribution >= 4 is 46.1 Å². The number of hydrogen-bond donors (Lipinski definition) is 1. The normalized spacial score (nSPS) is 11.1. The molecule has 1 rings (SSSR count). The van der Waals surface area contributed by atoms with E-state index >= 15 is 0 Å². The number of halogens is 2. The van der Waals surface area contributed by atoms with Crippen molar-refractivity contribution in [3.05, 3.63) is 15.1 Å². The Labute approximate surface area is 112 Å². The zero-order chi connectivity index (χ0) is 12.3. The SMILES string of the molecule is CC(C)(C)OC(=O)Nc1ncnc(Cl)c1I. The minimum absolute atomic E-state index is 0.293. The molecular formula is C9H11ClIN3O2. The quantitative estimate of drug-likeness (QED) is 0.621. The maximum Gasteiger partial charge on any atom is 0.413 e. The molecule has 88 valence electrons. The molecule has 0 atom stereocenters. The Balaban J connectivity index is 2.74. The average molecular weight is 356 g/mol. The van der Waals surface area contributed by atoms with Gasteiger partial charge in [-0.25, -0.2) is 14.8 Å². The summed E-state index contributed by atoms with van der Waals surface area (Å²) in [6.45, 7) is 5.35. The number of ether oxygens (including phenoxy) is 1. The van der Waals surface area contributed by atoms with Crippen molar-refractivity contribution < 1.29 is 9.53 Å². The van der Waals surface area contributed by atoms with Gasteiger partial charge in [0.05, 0.1) is 3.57 Å². The number of aromatic nitrogens is 2. The van der Waals surface area contributed by atoms with Gasteiger partial charge in [-0.15, -0.1) is 0 Å². The Morgan fingerprint density at radius 2 is 2.12 bits per heavy atom. The number of carbonyl (C=O) groups is 1. The molecule has 5 nitrogen and oxygen atoms in total. The van der Waals surface area contributed by atoms with Crippen LogP contribution in [0.15, 0.2) is 6.33 Å². The molecule has 1 heterocycles. The van der Waals surface area contributed by atoms with Crippen LogP contribution in [0.5, 0.6) is 0 Å². The molecule has 0 aromatic carbocycles. The molecule has 0 bridgehead atoms. The van der Waals surface area contributed by atoms with E-state index in [9.17, 15) is 4.79 Å². The van der Waals surface area contributed by atoms with Crippen molar-refractivity contribution in [2.45, 2.75) is 26.4 Å². The zero-order valence-electron chi connectivity index (χ0n) is 9.04. The summed E-state index contributed by atoms with van der Waals surface area (Å²) < 4.78 is 5.66. The van der Waals surface area contributed by atoms with Crippen molar-refractivity contribution in [2.75, 3.05) is 5.32 Å². The lowest BCUT2D eigenvalue weighted by Gasteiger charge is -2.19. The van der Waals surface area contributed by atoms with Gasteiger partial charge in [-0.1, -0.05) is 11.6 Å². The van der Waals surface area contributed by atoms with Crippen LogP contribution in [0.25, 0.3) is 0 Å². The van der Waals surface area contributed by atoms with Crippen LogP contribution in [0.2, 0.25) is 5.15 Å². The highest BCUT2D eigenvalue weighted by Crippen LogP contribution is 2.22. The molecule has 0 saturated carbocycles. The largest absolute Gasteiger partial charge is 0.444 e. The van der Waals surface area contributed by atoms with Gasteiger partial charge in [0, 0.05) is 0 Å². The Bertz CT molecular complexity index is 406. The van der Waals surface area contributed by atoms with E-state index in [1.807, 2.05) is 22.6 Å². The average Bonchev–Trinajstić information content (AvgIpc) is 2.09. The van der Waals surface area contributed by atoms with Crippen LogP contribution in [0.3, 0.4) is 0 Å². The molecule has 1 aromatic heterocycles. The van der Waals surface area contributed by atoms with Gasteiger partial charge in [-0.2, -0.15) is 0 Å². The van der Waals surface area contributed by atoms with Crippen LogP contribution >= 0.6 is 34.2 Å². The second-order valence-electron chi connectivity index (χ2n) is 3.95. The number of rotatable bonds is 1. The Hall–Kier alpha value is -0.630. The van der Waals surface area contributed by atoms with Crippen molar-refractivity contribution in [3.63, 3.8) is 0 Å². The van der Waals surface area contributed by atoms with E-state index in [1.54, 1.807) is 20.8 Å². The van der Waals surface area contributed by atoms with Gasteiger partial charge >= 0.3 is 6.09 Å². The predicted octanol–water partition coefficient (Wildman–Crippen LogP) is 3.08. The third-order valence-electron chi connectivity index (χ3n) is 1.37. The molecule has 0 aliphatic rings. The maximum atomic E-state index is 11.5. The van der Waals surface area contributed by atoms with Crippen LogP contribution in [-0.2, 0) is 4.74 Å². The topological polar surface area (TPSA) is 64.1 Å². The summed E-state index contributed by atoms with van der Waals surface area (Å²) in [5.74, 6) is 0.342. The van der Waals surface area contributed by atoms with Gasteiger partial charge in [-0.05, 0) is 43.4 Å². The fourth-order valence-corrected chi connectivity index (χ4v) is 1.38. The van der Waals surface area contributed by atoms with Gasteiger partial charge in [0.1, 0.15) is 17.1 Å². The van der Waals surface area contributed by atoms with Gasteiger partial charge in [0.15, 0.2) is 5.82 Å². The molecular weight excluding hydrogens is 344 g/mol. The summed E-state index contributed by atoms with van der Waals surface area (Å²) in [6, 6.07) is 0. The molecule has 0 unspecified atom stereocenters. The smallest absolute Gasteiger partial charge is 0.413 e. The summed E-state index contributed by atoms with van der Waals surface area (Å²) in [4.78, 5) is 19.1. The van der Waals surface area contributed by atoms with Crippen molar-refractivity contribution in [1.82, 2.24) is 9.97 Å². The summed E-state index contributed by atoms with van der Waals surface area (Å²) in [7, 11) is 0. The molecule has 0 aliphatic carbocycles. The van der Waals surface area contributed by atoms with E-state index < -0.39 is 11.7 Å². The molecule has 0 radical (unpaired) electrons. The van der Waals surface area contributed by atoms with Gasteiger partial charge < -0.3 is 4.74 Å². The molecule has 0 fully saturated rings. The van der Waals surface area contributed by atoms with Gasteiger partial charge in [0.25, 0.3) is 0 Å². The first-order valence-electron chi connectivity index (χ1n) is 4.45. The Morgan fingerprint density at radius 3 is 2.69 bits per heavy atom. The predicted molar refractivity (Wildman–Crippen MR) is 69.6 cm³/mol. The number of nitrogens with one attached hydrogen (secondary N) is 1. The van der Waals surface area contributed by atoms with Crippen molar-refractivity contribution in [1.29, 1.82) is 0 Å². The van der Waals surface area contributed by atoms with Crippen LogP contribution < -0.4 is 5.32 Å². The monoisotopic (exact) mass is 355 g/mol. The highest BCUT2D eigenvalue weighted by molar-refractivity contribution is 14.1. The highest BCUT2D eigenvalue weighted by Gasteiger charge is 2.18. The second-order valence-corrected chi connectivity index (χ2v) is 5.39. The zero-order valence-corrected chi connectivity index (χ0v) is 12.0. The Kier molecular flexibility index (Phi) is 4.31. The first kappa shape index (κ1) is 13.4. The lowest BCUT2D eigenvalue weighted by Crippen LogP contribution is -2.27. The Morgan fingerprint density at radius 1 is 1.50 bits per heavy atom. The van der Waals surface area contributed by atoms with Crippen LogP contribution in [0, 0.1) is 3.57 Å². The number of hydrogen-bond acceptors (Lipinski definition) is 4. The highest BCUT2D eigenvalue weighted by atomic mass is 127. The van der Waals surface area contributed by atoms with Gasteiger partial charge in [-0.3, -0.25) is 5.32 Å². The molecule has 1 N–H and O–H groups in total. The molecule has 0 saturated heterocycles. The van der Waals surface area contributed by atoms with E-state index in [0.717, 1.165) is 0 Å². The lowest BCUT2D eigenvalue weighted by atomic mass is 10.2. The van der Waals surface area contributed by atoms with Crippen molar-refractivity contribution in [2.24, 2.45) is 0 Å². The second kappa shape index (κ2) is 5.13. The summed E-state index contributed by atoms with van der Waals surface area (Å²) in [5, 5.41) is 2.80. The standard InChI is InChI=1S/C9H11ClIN3O2/c1-9(2,3)16-8(15)14-7-5(11)6(10)12-4-13-7/h4H,1-3H3,(H,12,13,14,15). The van der Waals surface area contributed by atoms with Crippen LogP contribution in [-0.4, -0.2) is 21.7 Å². The van der Waals surface area contributed by atoms with E-state index in [-0.39, 0.29) is 0 Å². The molecule has 1 aromatic rings. The number of carbonyl (C=O) groups excluding carboxylic acids is 1. The third kappa shape index (κ3) is 4.09. The molecule has 0 spiro atoms. The van der Waals surface area contributed by atoms with Crippen molar-refractivity contribution in [3.8, 4) is 0 Å². The summed E-state index contributed by atoms with van der Waals surface area (Å²) in [5.41, 5.74) is -0.549. The van der Waals surface area contributed by atoms with Gasteiger partial charge in [0.2, 0.25) is 0 Å². The third-order valence-corrected chi connectivity index (χ3v) is 2.99. The summed E-state index contributed by atoms with van der Waals surface area (Å²) in [6.07, 6.45) is 0.706. The number of amides is 1. The van der Waals surface area contributed by atoms with E-state index in [0.29, 0.717) is 14.5 Å². The van der Waals surface area contributed by atoms with E-state index in [1.165, 1.54) is 6.33 Å². The summed E-state index contributed by atoms with van der Waals surface area (Å²) >= 11 is 7.73. The first-order valence-corrected chi connectivity index (χ1v) is 5.91. The first-order chi connectivity index (χ1) is 7.29. The fourth-order valence-electron chi connectivity index (χ4n) is 0.836. The van der Waals surface area contributed by atoms with Crippen LogP contribution in [0.4, 0.5) is 10.6 Å². The van der Waals surface area contributed by atoms with Crippen LogP contribution in [0.1, 0.15) is 20.8 Å². The van der Waals surface area contributed by atoms with E-state index in [2.05, 4.69) is 15.3 Å². The molecule has 16 heavy (non-hydrogen) atoms. The minimum Gasteiger partial charge on any atom is -0.444 e. The number of nitrogens with zero attached hydrogens (tertiary/aromatic N) is 2. The lowest BCUT2D eigenvalue weighted by molar-refractivity contribution is 0.0635. The minimum atomic E-state index is -0.569.